The summed E-state index contributed by atoms with van der Waals surface area (Å²) in [4.78, 5) is 12.0. The maximum atomic E-state index is 12.1. The predicted molar refractivity (Wildman–Crippen MR) is 91.6 cm³/mol. The summed E-state index contributed by atoms with van der Waals surface area (Å²) in [6, 6.07) is 14.1. The lowest BCUT2D eigenvalue weighted by Gasteiger charge is -2.10. The zero-order valence-electron chi connectivity index (χ0n) is 13.6. The number of aromatic nitrogens is 4. The third-order valence-corrected chi connectivity index (χ3v) is 4.06. The molecule has 0 aliphatic rings. The highest BCUT2D eigenvalue weighted by Gasteiger charge is 2.30. The summed E-state index contributed by atoms with van der Waals surface area (Å²) < 4.78 is 41.7. The third kappa shape index (κ3) is 5.45. The third-order valence-electron chi connectivity index (χ3n) is 3.15. The molecule has 3 aromatic rings. The molecule has 2 aromatic carbocycles. The van der Waals surface area contributed by atoms with Crippen LogP contribution in [0.1, 0.15) is 0 Å². The number of hydrogen-bond donors (Lipinski definition) is 1. The summed E-state index contributed by atoms with van der Waals surface area (Å²) in [6.07, 6.45) is -4.76. The molecule has 7 nitrogen and oxygen atoms in total. The number of alkyl halides is 3. The minimum absolute atomic E-state index is 0.0218. The summed E-state index contributed by atoms with van der Waals surface area (Å²) in [5.41, 5.74) is 1.10. The molecule has 1 N–H and O–H groups in total. The molecular formula is C16H12F3N5O2S. The highest BCUT2D eigenvalue weighted by Crippen LogP contribution is 2.24. The minimum atomic E-state index is -4.76. The van der Waals surface area contributed by atoms with Crippen LogP contribution in [0.2, 0.25) is 0 Å². The quantitative estimate of drug-likeness (QED) is 0.645. The molecule has 1 amide bonds. The number of anilines is 1. The van der Waals surface area contributed by atoms with Crippen LogP contribution >= 0.6 is 11.8 Å². The Balaban J connectivity index is 1.56. The van der Waals surface area contributed by atoms with Gasteiger partial charge in [-0.3, -0.25) is 4.79 Å². The number of thioether (sulfide) groups is 1. The Labute approximate surface area is 155 Å². The monoisotopic (exact) mass is 395 g/mol. The molecule has 0 fully saturated rings. The van der Waals surface area contributed by atoms with Gasteiger partial charge in [0.25, 0.3) is 0 Å². The zero-order valence-corrected chi connectivity index (χ0v) is 14.4. The molecule has 1 aromatic heterocycles. The van der Waals surface area contributed by atoms with E-state index in [-0.39, 0.29) is 17.4 Å². The smallest absolute Gasteiger partial charge is 0.406 e. The molecule has 0 unspecified atom stereocenters. The Bertz CT molecular complexity index is 900. The number of tetrazole rings is 1. The van der Waals surface area contributed by atoms with Gasteiger partial charge in [0.15, 0.2) is 0 Å². The second-order valence-corrected chi connectivity index (χ2v) is 6.06. The first-order valence-corrected chi connectivity index (χ1v) is 8.51. The number of halogens is 3. The largest absolute Gasteiger partial charge is 0.573 e. The molecule has 3 rings (SSSR count). The van der Waals surface area contributed by atoms with Gasteiger partial charge in [-0.2, -0.15) is 4.68 Å². The van der Waals surface area contributed by atoms with Crippen molar-refractivity contribution in [2.24, 2.45) is 0 Å². The van der Waals surface area contributed by atoms with E-state index in [0.29, 0.717) is 10.8 Å². The van der Waals surface area contributed by atoms with Crippen molar-refractivity contribution in [3.05, 3.63) is 54.6 Å². The molecule has 0 atom stereocenters. The topological polar surface area (TPSA) is 81.9 Å². The molecule has 140 valence electrons. The Hall–Kier alpha value is -3.08. The van der Waals surface area contributed by atoms with E-state index in [2.05, 4.69) is 25.6 Å². The number of para-hydroxylation sites is 1. The molecule has 0 aliphatic carbocycles. The summed E-state index contributed by atoms with van der Waals surface area (Å²) in [5, 5.41) is 14.4. The maximum absolute atomic E-state index is 12.1. The fourth-order valence-corrected chi connectivity index (χ4v) is 2.76. The van der Waals surface area contributed by atoms with Crippen LogP contribution in [0.15, 0.2) is 59.8 Å². The first-order valence-electron chi connectivity index (χ1n) is 7.53. The molecule has 0 spiro atoms. The zero-order chi connectivity index (χ0) is 19.3. The number of nitrogens with one attached hydrogen (secondary N) is 1. The van der Waals surface area contributed by atoms with E-state index in [1.807, 2.05) is 30.3 Å². The number of carbonyl (C=O) groups is 1. The van der Waals surface area contributed by atoms with Gasteiger partial charge in [0.1, 0.15) is 5.75 Å². The van der Waals surface area contributed by atoms with Crippen LogP contribution in [-0.4, -0.2) is 38.2 Å². The number of ether oxygens (including phenoxy) is 1. The SMILES string of the molecule is O=C(CSc1nnnn1-c1ccccc1)Nc1ccc(OC(F)(F)F)cc1. The van der Waals surface area contributed by atoms with Crippen molar-refractivity contribution >= 4 is 23.4 Å². The average Bonchev–Trinajstić information content (AvgIpc) is 3.10. The van der Waals surface area contributed by atoms with Crippen molar-refractivity contribution in [3.63, 3.8) is 0 Å². The van der Waals surface area contributed by atoms with Gasteiger partial charge in [-0.05, 0) is 46.8 Å². The highest BCUT2D eigenvalue weighted by molar-refractivity contribution is 7.99. The van der Waals surface area contributed by atoms with E-state index in [4.69, 9.17) is 0 Å². The van der Waals surface area contributed by atoms with Crippen LogP contribution in [0.4, 0.5) is 18.9 Å². The first kappa shape index (κ1) is 18.7. The van der Waals surface area contributed by atoms with Gasteiger partial charge in [-0.25, -0.2) is 0 Å². The van der Waals surface area contributed by atoms with Crippen molar-refractivity contribution in [2.45, 2.75) is 11.5 Å². The van der Waals surface area contributed by atoms with Crippen LogP contribution in [0.3, 0.4) is 0 Å². The van der Waals surface area contributed by atoms with Crippen LogP contribution in [0.5, 0.6) is 5.75 Å². The normalized spacial score (nSPS) is 11.2. The second-order valence-electron chi connectivity index (χ2n) is 5.12. The van der Waals surface area contributed by atoms with Crippen LogP contribution < -0.4 is 10.1 Å². The van der Waals surface area contributed by atoms with Crippen molar-refractivity contribution in [2.75, 3.05) is 11.1 Å². The van der Waals surface area contributed by atoms with Crippen molar-refractivity contribution in [1.82, 2.24) is 20.2 Å². The molecule has 0 bridgehead atoms. The van der Waals surface area contributed by atoms with E-state index >= 15 is 0 Å². The van der Waals surface area contributed by atoms with E-state index < -0.39 is 6.36 Å². The summed E-state index contributed by atoms with van der Waals surface area (Å²) in [6.45, 7) is 0. The van der Waals surface area contributed by atoms with Crippen molar-refractivity contribution in [3.8, 4) is 11.4 Å². The highest BCUT2D eigenvalue weighted by atomic mass is 32.2. The molecular weight excluding hydrogens is 383 g/mol. The summed E-state index contributed by atoms with van der Waals surface area (Å²) >= 11 is 1.13. The standard InChI is InChI=1S/C16H12F3N5O2S/c17-16(18,19)26-13-8-6-11(7-9-13)20-14(25)10-27-15-21-22-23-24(15)12-4-2-1-3-5-12/h1-9H,10H2,(H,20,25). The molecule has 0 saturated carbocycles. The van der Waals surface area contributed by atoms with Crippen LogP contribution in [0, 0.1) is 0 Å². The van der Waals surface area contributed by atoms with E-state index in [1.165, 1.54) is 16.8 Å². The van der Waals surface area contributed by atoms with Gasteiger partial charge < -0.3 is 10.1 Å². The number of nitrogens with zero attached hydrogens (tertiary/aromatic N) is 4. The predicted octanol–water partition coefficient (Wildman–Crippen LogP) is 3.29. The molecule has 0 saturated heterocycles. The van der Waals surface area contributed by atoms with E-state index in [9.17, 15) is 18.0 Å². The van der Waals surface area contributed by atoms with Gasteiger partial charge in [-0.15, -0.1) is 18.3 Å². The minimum Gasteiger partial charge on any atom is -0.406 e. The molecule has 27 heavy (non-hydrogen) atoms. The van der Waals surface area contributed by atoms with Gasteiger partial charge in [0.2, 0.25) is 11.1 Å². The Morgan fingerprint density at radius 2 is 1.81 bits per heavy atom. The number of hydrogen-bond acceptors (Lipinski definition) is 6. The molecule has 0 radical (unpaired) electrons. The molecule has 1 heterocycles. The maximum Gasteiger partial charge on any atom is 0.573 e. The summed E-state index contributed by atoms with van der Waals surface area (Å²) in [7, 11) is 0. The lowest BCUT2D eigenvalue weighted by atomic mass is 10.3. The molecule has 0 aliphatic heterocycles. The fraction of sp³-hybridized carbons (Fsp3) is 0.125. The number of benzene rings is 2. The van der Waals surface area contributed by atoms with Gasteiger partial charge in [0.05, 0.1) is 11.4 Å². The Kier molecular flexibility index (Phi) is 5.60. The van der Waals surface area contributed by atoms with Crippen LogP contribution in [-0.2, 0) is 4.79 Å². The fourth-order valence-electron chi connectivity index (χ4n) is 2.07. The van der Waals surface area contributed by atoms with E-state index in [0.717, 1.165) is 29.6 Å². The lowest BCUT2D eigenvalue weighted by molar-refractivity contribution is -0.274. The van der Waals surface area contributed by atoms with Gasteiger partial charge in [-0.1, -0.05) is 30.0 Å². The Morgan fingerprint density at radius 3 is 2.48 bits per heavy atom. The number of amides is 1. The van der Waals surface area contributed by atoms with E-state index in [1.54, 1.807) is 0 Å². The van der Waals surface area contributed by atoms with Crippen LogP contribution in [0.25, 0.3) is 5.69 Å². The Morgan fingerprint density at radius 1 is 1.11 bits per heavy atom. The van der Waals surface area contributed by atoms with Gasteiger partial charge in [0, 0.05) is 5.69 Å². The number of rotatable bonds is 6. The van der Waals surface area contributed by atoms with Crippen molar-refractivity contribution < 1.29 is 22.7 Å². The van der Waals surface area contributed by atoms with Crippen molar-refractivity contribution in [1.29, 1.82) is 0 Å². The average molecular weight is 395 g/mol. The van der Waals surface area contributed by atoms with Gasteiger partial charge >= 0.3 is 6.36 Å². The molecule has 11 heteroatoms. The first-order chi connectivity index (χ1) is 12.9. The summed E-state index contributed by atoms with van der Waals surface area (Å²) in [5.74, 6) is -0.697. The second kappa shape index (κ2) is 8.08. The number of carbonyl (C=O) groups excluding carboxylic acids is 1. The lowest BCUT2D eigenvalue weighted by Crippen LogP contribution is -2.17.